The summed E-state index contributed by atoms with van der Waals surface area (Å²) < 4.78 is 2.21. The number of halogens is 3. The number of guanidine groups is 1. The van der Waals surface area contributed by atoms with E-state index in [-0.39, 0.29) is 24.0 Å². The van der Waals surface area contributed by atoms with Crippen molar-refractivity contribution in [1.82, 2.24) is 25.0 Å². The van der Waals surface area contributed by atoms with Gasteiger partial charge >= 0.3 is 0 Å². The van der Waals surface area contributed by atoms with E-state index in [0.717, 1.165) is 36.1 Å². The lowest BCUT2D eigenvalue weighted by atomic mass is 10.2. The van der Waals surface area contributed by atoms with Crippen molar-refractivity contribution in [1.29, 1.82) is 0 Å². The number of rotatable bonds is 4. The summed E-state index contributed by atoms with van der Waals surface area (Å²) in [5.74, 6) is 2.83. The SMILES string of the molecule is CN=C(NCc1nnc2n1CCCC2)N(C)Cc1ccc(Cl)c(Cl)c1.I. The highest BCUT2D eigenvalue weighted by molar-refractivity contribution is 14.0. The Morgan fingerprint density at radius 2 is 2.08 bits per heavy atom. The maximum absolute atomic E-state index is 6.09. The lowest BCUT2D eigenvalue weighted by molar-refractivity contribution is 0.468. The van der Waals surface area contributed by atoms with Gasteiger partial charge in [-0.1, -0.05) is 29.3 Å². The molecule has 1 aromatic heterocycles. The van der Waals surface area contributed by atoms with Crippen LogP contribution in [-0.2, 0) is 26.1 Å². The molecule has 3 rings (SSSR count). The van der Waals surface area contributed by atoms with E-state index in [1.165, 1.54) is 12.8 Å². The Kier molecular flexibility index (Phi) is 7.97. The second-order valence-corrected chi connectivity index (χ2v) is 6.96. The molecule has 0 radical (unpaired) electrons. The fraction of sp³-hybridized carbons (Fsp3) is 0.471. The molecule has 0 aliphatic carbocycles. The van der Waals surface area contributed by atoms with E-state index >= 15 is 0 Å². The first-order chi connectivity index (χ1) is 12.1. The van der Waals surface area contributed by atoms with Gasteiger partial charge < -0.3 is 14.8 Å². The lowest BCUT2D eigenvalue weighted by Crippen LogP contribution is -2.38. The van der Waals surface area contributed by atoms with Crippen LogP contribution in [0.5, 0.6) is 0 Å². The Morgan fingerprint density at radius 3 is 2.81 bits per heavy atom. The van der Waals surface area contributed by atoms with Gasteiger partial charge in [-0.2, -0.15) is 0 Å². The summed E-state index contributed by atoms with van der Waals surface area (Å²) in [6.07, 6.45) is 3.39. The van der Waals surface area contributed by atoms with Crippen LogP contribution in [-0.4, -0.2) is 39.7 Å². The van der Waals surface area contributed by atoms with Crippen molar-refractivity contribution in [2.75, 3.05) is 14.1 Å². The van der Waals surface area contributed by atoms with Gasteiger partial charge in [0.05, 0.1) is 16.6 Å². The maximum atomic E-state index is 6.09. The van der Waals surface area contributed by atoms with Gasteiger partial charge in [-0.05, 0) is 30.5 Å². The van der Waals surface area contributed by atoms with Gasteiger partial charge in [-0.15, -0.1) is 34.2 Å². The number of hydrogen-bond donors (Lipinski definition) is 1. The molecule has 2 heterocycles. The number of benzene rings is 1. The van der Waals surface area contributed by atoms with E-state index in [4.69, 9.17) is 23.2 Å². The van der Waals surface area contributed by atoms with Crippen LogP contribution in [0.4, 0.5) is 0 Å². The summed E-state index contributed by atoms with van der Waals surface area (Å²) in [6.45, 7) is 2.27. The summed E-state index contributed by atoms with van der Waals surface area (Å²) in [6, 6.07) is 5.65. The number of aliphatic imine (C=N–C) groups is 1. The normalized spacial score (nSPS) is 13.8. The van der Waals surface area contributed by atoms with E-state index in [9.17, 15) is 0 Å². The highest BCUT2D eigenvalue weighted by Crippen LogP contribution is 2.23. The number of hydrogen-bond acceptors (Lipinski definition) is 3. The van der Waals surface area contributed by atoms with Gasteiger partial charge in [0.25, 0.3) is 0 Å². The molecule has 1 aliphatic rings. The average molecular weight is 509 g/mol. The number of aryl methyl sites for hydroxylation is 1. The first-order valence-corrected chi connectivity index (χ1v) is 9.10. The highest BCUT2D eigenvalue weighted by Gasteiger charge is 2.16. The third-order valence-corrected chi connectivity index (χ3v) is 5.06. The molecule has 0 amide bonds. The van der Waals surface area contributed by atoms with Crippen molar-refractivity contribution in [2.24, 2.45) is 4.99 Å². The Morgan fingerprint density at radius 1 is 1.27 bits per heavy atom. The largest absolute Gasteiger partial charge is 0.349 e. The molecule has 9 heteroatoms. The fourth-order valence-corrected chi connectivity index (χ4v) is 3.35. The van der Waals surface area contributed by atoms with Crippen molar-refractivity contribution in [3.05, 3.63) is 45.5 Å². The first kappa shape index (κ1) is 21.2. The molecule has 1 aromatic carbocycles. The standard InChI is InChI=1S/C17H22Cl2N6.HI/c1-20-17(24(2)11-12-6-7-13(18)14(19)9-12)21-10-16-23-22-15-5-3-4-8-25(15)16;/h6-7,9H,3-5,8,10-11H2,1-2H3,(H,20,21);1H. The minimum Gasteiger partial charge on any atom is -0.349 e. The molecule has 0 unspecified atom stereocenters. The highest BCUT2D eigenvalue weighted by atomic mass is 127. The molecule has 26 heavy (non-hydrogen) atoms. The zero-order valence-electron chi connectivity index (χ0n) is 14.9. The van der Waals surface area contributed by atoms with Gasteiger partial charge in [0.1, 0.15) is 5.82 Å². The third-order valence-electron chi connectivity index (χ3n) is 4.32. The van der Waals surface area contributed by atoms with Crippen LogP contribution in [0.25, 0.3) is 0 Å². The minimum atomic E-state index is 0. The smallest absolute Gasteiger partial charge is 0.194 e. The maximum Gasteiger partial charge on any atom is 0.194 e. The van der Waals surface area contributed by atoms with Gasteiger partial charge in [-0.25, -0.2) is 0 Å². The zero-order chi connectivity index (χ0) is 17.8. The monoisotopic (exact) mass is 508 g/mol. The fourth-order valence-electron chi connectivity index (χ4n) is 3.03. The molecule has 0 bridgehead atoms. The predicted octanol–water partition coefficient (Wildman–Crippen LogP) is 3.75. The molecule has 1 aliphatic heterocycles. The van der Waals surface area contributed by atoms with Crippen LogP contribution < -0.4 is 5.32 Å². The molecule has 0 spiro atoms. The number of nitrogens with one attached hydrogen (secondary N) is 1. The summed E-state index contributed by atoms with van der Waals surface area (Å²) in [5, 5.41) is 13.1. The number of fused-ring (bicyclic) bond motifs is 1. The Hall–Kier alpha value is -1.06. The summed E-state index contributed by atoms with van der Waals surface area (Å²) in [7, 11) is 3.75. The van der Waals surface area contributed by atoms with Crippen molar-refractivity contribution in [3.8, 4) is 0 Å². The minimum absolute atomic E-state index is 0. The van der Waals surface area contributed by atoms with Gasteiger partial charge in [0.15, 0.2) is 11.8 Å². The van der Waals surface area contributed by atoms with E-state index in [2.05, 4.69) is 25.1 Å². The molecule has 0 saturated carbocycles. The second kappa shape index (κ2) is 9.75. The van der Waals surface area contributed by atoms with Crippen LogP contribution in [0.15, 0.2) is 23.2 Å². The van der Waals surface area contributed by atoms with E-state index < -0.39 is 0 Å². The van der Waals surface area contributed by atoms with Gasteiger partial charge in [-0.3, -0.25) is 4.99 Å². The summed E-state index contributed by atoms with van der Waals surface area (Å²) in [4.78, 5) is 6.39. The van der Waals surface area contributed by atoms with Crippen LogP contribution in [0.1, 0.15) is 30.1 Å². The Bertz CT molecular complexity index is 777. The number of nitrogens with zero attached hydrogens (tertiary/aromatic N) is 5. The number of aromatic nitrogens is 3. The van der Waals surface area contributed by atoms with Gasteiger partial charge in [0.2, 0.25) is 0 Å². The lowest BCUT2D eigenvalue weighted by Gasteiger charge is -2.22. The van der Waals surface area contributed by atoms with E-state index in [1.54, 1.807) is 7.05 Å². The van der Waals surface area contributed by atoms with Crippen LogP contribution in [0, 0.1) is 0 Å². The topological polar surface area (TPSA) is 58.3 Å². The Balaban J connectivity index is 0.00000243. The second-order valence-electron chi connectivity index (χ2n) is 6.15. The molecule has 0 fully saturated rings. The molecular weight excluding hydrogens is 486 g/mol. The summed E-state index contributed by atoms with van der Waals surface area (Å²) in [5.41, 5.74) is 1.07. The quantitative estimate of drug-likeness (QED) is 0.388. The van der Waals surface area contributed by atoms with Crippen molar-refractivity contribution in [2.45, 2.75) is 38.9 Å². The van der Waals surface area contributed by atoms with Crippen LogP contribution in [0.2, 0.25) is 10.0 Å². The van der Waals surface area contributed by atoms with E-state index in [0.29, 0.717) is 23.1 Å². The van der Waals surface area contributed by atoms with Crippen molar-refractivity contribution >= 4 is 53.1 Å². The zero-order valence-corrected chi connectivity index (χ0v) is 18.7. The molecule has 142 valence electrons. The molecule has 1 N–H and O–H groups in total. The molecule has 6 nitrogen and oxygen atoms in total. The molecule has 0 saturated heterocycles. The molecular formula is C17H23Cl2IN6. The third kappa shape index (κ3) is 5.01. The summed E-state index contributed by atoms with van der Waals surface area (Å²) >= 11 is 12.1. The molecule has 0 atom stereocenters. The van der Waals surface area contributed by atoms with Gasteiger partial charge in [0, 0.05) is 33.6 Å². The average Bonchev–Trinajstić information content (AvgIpc) is 3.02. The Labute approximate surface area is 181 Å². The van der Waals surface area contributed by atoms with Crippen LogP contribution in [0.3, 0.4) is 0 Å². The van der Waals surface area contributed by atoms with Crippen LogP contribution >= 0.6 is 47.2 Å². The van der Waals surface area contributed by atoms with E-state index in [1.807, 2.05) is 30.1 Å². The molecule has 2 aromatic rings. The predicted molar refractivity (Wildman–Crippen MR) is 117 cm³/mol. The first-order valence-electron chi connectivity index (χ1n) is 8.35. The van der Waals surface area contributed by atoms with Crippen molar-refractivity contribution in [3.63, 3.8) is 0 Å². The van der Waals surface area contributed by atoms with Crippen molar-refractivity contribution < 1.29 is 0 Å².